The molecule has 1 aromatic heterocycles. The van der Waals surface area contributed by atoms with Gasteiger partial charge in [0.25, 0.3) is 0 Å². The topological polar surface area (TPSA) is 117 Å². The van der Waals surface area contributed by atoms with Crippen LogP contribution in [0.25, 0.3) is 0 Å². The molecule has 0 aromatic carbocycles. The summed E-state index contributed by atoms with van der Waals surface area (Å²) in [6.07, 6.45) is 0. The number of hydrogen-bond donors (Lipinski definition) is 3. The molecule has 0 saturated carbocycles. The van der Waals surface area contributed by atoms with E-state index in [2.05, 4.69) is 15.0 Å². The van der Waals surface area contributed by atoms with Crippen LogP contribution in [-0.2, 0) is 0 Å². The number of nitrogens with zero attached hydrogens (tertiary/aromatic N) is 3. The smallest absolute Gasteiger partial charge is 0.225 e. The summed E-state index contributed by atoms with van der Waals surface area (Å²) >= 11 is 0.875. The fraction of sp³-hybridized carbons (Fsp3) is 0. The minimum absolute atomic E-state index is 0.0838. The molecule has 0 unspecified atom stereocenters. The molecule has 10 heavy (non-hydrogen) atoms. The highest BCUT2D eigenvalue weighted by Gasteiger charge is 1.98. The molecule has 6 nitrogen and oxygen atoms in total. The summed E-state index contributed by atoms with van der Waals surface area (Å²) in [5.74, 6) is 0.168. The predicted octanol–water partition coefficient (Wildman–Crippen LogP) is -0.998. The number of rotatable bonds is 1. The summed E-state index contributed by atoms with van der Waals surface area (Å²) < 4.78 is 0. The molecule has 0 radical (unpaired) electrons. The number of nitrogens with two attached hydrogens (primary N) is 3. The third kappa shape index (κ3) is 1.45. The standard InChI is InChI=1S/C3H6N6S/c4-1-7-2(5)9-3(8-1)10-6/h6H2,(H4,4,5,7,8,9). The van der Waals surface area contributed by atoms with Crippen LogP contribution in [-0.4, -0.2) is 15.0 Å². The Bertz CT molecular complexity index is 216. The van der Waals surface area contributed by atoms with Gasteiger partial charge in [0.1, 0.15) is 0 Å². The molecule has 0 spiro atoms. The molecule has 54 valence electrons. The number of hydrogen-bond acceptors (Lipinski definition) is 7. The number of anilines is 2. The maximum Gasteiger partial charge on any atom is 0.225 e. The molecule has 0 fully saturated rings. The van der Waals surface area contributed by atoms with Crippen LogP contribution >= 0.6 is 11.9 Å². The van der Waals surface area contributed by atoms with Crippen molar-refractivity contribution in [2.24, 2.45) is 5.14 Å². The van der Waals surface area contributed by atoms with Crippen LogP contribution in [0.15, 0.2) is 5.16 Å². The van der Waals surface area contributed by atoms with Gasteiger partial charge in [-0.25, -0.2) is 0 Å². The second-order valence-electron chi connectivity index (χ2n) is 1.45. The van der Waals surface area contributed by atoms with Gasteiger partial charge in [0.05, 0.1) is 0 Å². The van der Waals surface area contributed by atoms with E-state index in [0.29, 0.717) is 5.16 Å². The molecule has 1 aromatic rings. The Labute approximate surface area is 61.4 Å². The maximum absolute atomic E-state index is 5.22. The fourth-order valence-corrected chi connectivity index (χ4v) is 0.734. The van der Waals surface area contributed by atoms with E-state index in [1.165, 1.54) is 0 Å². The molecular formula is C3H6N6S. The van der Waals surface area contributed by atoms with Crippen molar-refractivity contribution >= 4 is 23.8 Å². The first-order valence-electron chi connectivity index (χ1n) is 2.36. The van der Waals surface area contributed by atoms with Crippen LogP contribution in [0.1, 0.15) is 0 Å². The first-order valence-corrected chi connectivity index (χ1v) is 3.24. The highest BCUT2D eigenvalue weighted by Crippen LogP contribution is 2.06. The normalized spacial score (nSPS) is 9.70. The number of nitrogen functional groups attached to an aromatic ring is 2. The molecule has 6 N–H and O–H groups in total. The molecule has 1 rings (SSSR count). The van der Waals surface area contributed by atoms with E-state index in [-0.39, 0.29) is 11.9 Å². The summed E-state index contributed by atoms with van der Waals surface area (Å²) in [5, 5.41) is 5.46. The highest BCUT2D eigenvalue weighted by molar-refractivity contribution is 7.96. The zero-order valence-electron chi connectivity index (χ0n) is 4.98. The predicted molar refractivity (Wildman–Crippen MR) is 38.7 cm³/mol. The summed E-state index contributed by atoms with van der Waals surface area (Å²) in [5.41, 5.74) is 10.4. The summed E-state index contributed by atoms with van der Waals surface area (Å²) in [4.78, 5) is 10.9. The molecule has 1 heterocycles. The first kappa shape index (κ1) is 7.03. The lowest BCUT2D eigenvalue weighted by molar-refractivity contribution is 0.930. The van der Waals surface area contributed by atoms with Gasteiger partial charge in [-0.15, -0.1) is 0 Å². The van der Waals surface area contributed by atoms with Gasteiger partial charge < -0.3 is 11.5 Å². The fourth-order valence-electron chi connectivity index (χ4n) is 0.441. The van der Waals surface area contributed by atoms with Gasteiger partial charge in [-0.3, -0.25) is 5.14 Å². The molecule has 7 heteroatoms. The first-order chi connectivity index (χ1) is 4.72. The van der Waals surface area contributed by atoms with Crippen molar-refractivity contribution in [3.63, 3.8) is 0 Å². The average molecular weight is 158 g/mol. The van der Waals surface area contributed by atoms with E-state index in [0.717, 1.165) is 11.9 Å². The van der Waals surface area contributed by atoms with Crippen molar-refractivity contribution < 1.29 is 0 Å². The van der Waals surface area contributed by atoms with Crippen molar-refractivity contribution in [2.75, 3.05) is 11.5 Å². The number of aromatic nitrogens is 3. The summed E-state index contributed by atoms with van der Waals surface area (Å²) in [6, 6.07) is 0. The van der Waals surface area contributed by atoms with Gasteiger partial charge in [0, 0.05) is 0 Å². The van der Waals surface area contributed by atoms with Crippen LogP contribution in [0.2, 0.25) is 0 Å². The Hall–Kier alpha value is -1.08. The molecule has 0 atom stereocenters. The van der Waals surface area contributed by atoms with E-state index in [9.17, 15) is 0 Å². The lowest BCUT2D eigenvalue weighted by Gasteiger charge is -1.95. The zero-order valence-corrected chi connectivity index (χ0v) is 5.80. The zero-order chi connectivity index (χ0) is 7.56. The summed E-state index contributed by atoms with van der Waals surface area (Å²) in [7, 11) is 0. The van der Waals surface area contributed by atoms with E-state index in [1.54, 1.807) is 0 Å². The van der Waals surface area contributed by atoms with Crippen LogP contribution in [0, 0.1) is 0 Å². The maximum atomic E-state index is 5.22. The molecule has 0 bridgehead atoms. The van der Waals surface area contributed by atoms with E-state index in [4.69, 9.17) is 16.6 Å². The van der Waals surface area contributed by atoms with E-state index < -0.39 is 0 Å². The van der Waals surface area contributed by atoms with Gasteiger partial charge >= 0.3 is 0 Å². The Morgan fingerprint density at radius 3 is 1.90 bits per heavy atom. The second kappa shape index (κ2) is 2.67. The monoisotopic (exact) mass is 158 g/mol. The van der Waals surface area contributed by atoms with E-state index >= 15 is 0 Å². The van der Waals surface area contributed by atoms with Crippen LogP contribution in [0.3, 0.4) is 0 Å². The van der Waals surface area contributed by atoms with Crippen molar-refractivity contribution in [3.05, 3.63) is 0 Å². The Balaban J connectivity index is 3.06. The molecule has 0 aliphatic rings. The van der Waals surface area contributed by atoms with Crippen molar-refractivity contribution in [1.82, 2.24) is 15.0 Å². The SMILES string of the molecule is NSc1nc(N)nc(N)n1. The highest BCUT2D eigenvalue weighted by atomic mass is 32.2. The lowest BCUT2D eigenvalue weighted by Crippen LogP contribution is -2.04. The van der Waals surface area contributed by atoms with Crippen LogP contribution < -0.4 is 16.6 Å². The Morgan fingerprint density at radius 2 is 1.50 bits per heavy atom. The molecule has 0 amide bonds. The molecular weight excluding hydrogens is 152 g/mol. The van der Waals surface area contributed by atoms with Gasteiger partial charge in [0.2, 0.25) is 17.1 Å². The van der Waals surface area contributed by atoms with Gasteiger partial charge in [-0.2, -0.15) is 15.0 Å². The average Bonchev–Trinajstić information content (AvgIpc) is 1.85. The summed E-state index contributed by atoms with van der Waals surface area (Å²) in [6.45, 7) is 0. The Kier molecular flexibility index (Phi) is 1.88. The quantitative estimate of drug-likeness (QED) is 0.449. The van der Waals surface area contributed by atoms with Gasteiger partial charge in [-0.05, 0) is 11.9 Å². The van der Waals surface area contributed by atoms with Crippen molar-refractivity contribution in [3.8, 4) is 0 Å². The van der Waals surface area contributed by atoms with Gasteiger partial charge in [-0.1, -0.05) is 0 Å². The Morgan fingerprint density at radius 1 is 1.00 bits per heavy atom. The van der Waals surface area contributed by atoms with Crippen molar-refractivity contribution in [2.45, 2.75) is 5.16 Å². The molecule has 0 saturated heterocycles. The second-order valence-corrected chi connectivity index (χ2v) is 2.05. The van der Waals surface area contributed by atoms with Crippen LogP contribution in [0.5, 0.6) is 0 Å². The third-order valence-electron chi connectivity index (χ3n) is 0.755. The molecule has 0 aliphatic carbocycles. The largest absolute Gasteiger partial charge is 0.368 e. The van der Waals surface area contributed by atoms with E-state index in [1.807, 2.05) is 0 Å². The van der Waals surface area contributed by atoms with Crippen molar-refractivity contribution in [1.29, 1.82) is 0 Å². The lowest BCUT2D eigenvalue weighted by atomic mass is 10.9. The molecule has 0 aliphatic heterocycles. The minimum atomic E-state index is 0.0838. The third-order valence-corrected chi connectivity index (χ3v) is 1.15. The van der Waals surface area contributed by atoms with Crippen LogP contribution in [0.4, 0.5) is 11.9 Å². The minimum Gasteiger partial charge on any atom is -0.368 e. The van der Waals surface area contributed by atoms with Gasteiger partial charge in [0.15, 0.2) is 0 Å².